The van der Waals surface area contributed by atoms with Gasteiger partial charge in [-0.1, -0.05) is 12.5 Å². The van der Waals surface area contributed by atoms with Crippen LogP contribution in [0.5, 0.6) is 5.75 Å². The number of piperidine rings is 1. The zero-order valence-corrected chi connectivity index (χ0v) is 21.3. The number of ether oxygens (including phenoxy) is 1. The first-order valence-electron chi connectivity index (χ1n) is 13.0. The first-order valence-corrected chi connectivity index (χ1v) is 14.4. The molecule has 1 saturated heterocycles. The molecule has 1 aromatic rings. The molecule has 1 heterocycles. The third-order valence-electron chi connectivity index (χ3n) is 8.91. The minimum Gasteiger partial charge on any atom is -0.495 e. The lowest BCUT2D eigenvalue weighted by Crippen LogP contribution is -2.55. The second-order valence-electron chi connectivity index (χ2n) is 11.2. The number of rotatable bonds is 7. The van der Waals surface area contributed by atoms with Gasteiger partial charge in [-0.05, 0) is 105 Å². The average Bonchev–Trinajstić information content (AvgIpc) is 2.82. The Morgan fingerprint density at radius 3 is 2.29 bits per heavy atom. The van der Waals surface area contributed by atoms with Crippen molar-refractivity contribution in [2.75, 3.05) is 20.2 Å². The molecule has 1 amide bonds. The van der Waals surface area contributed by atoms with Crippen molar-refractivity contribution in [3.63, 3.8) is 0 Å². The fourth-order valence-corrected chi connectivity index (χ4v) is 9.25. The molecule has 186 valence electrons. The van der Waals surface area contributed by atoms with E-state index in [-0.39, 0.29) is 22.3 Å². The Kier molecular flexibility index (Phi) is 6.53. The Bertz CT molecular complexity index is 1020. The summed E-state index contributed by atoms with van der Waals surface area (Å²) in [6, 6.07) is 5.24. The number of methoxy groups -OCH3 is 1. The topological polar surface area (TPSA) is 75.7 Å². The summed E-state index contributed by atoms with van der Waals surface area (Å²) in [4.78, 5) is 13.0. The predicted molar refractivity (Wildman–Crippen MR) is 133 cm³/mol. The molecule has 4 saturated carbocycles. The quantitative estimate of drug-likeness (QED) is 0.572. The van der Waals surface area contributed by atoms with Gasteiger partial charge >= 0.3 is 0 Å². The number of hydrogen-bond acceptors (Lipinski definition) is 4. The third kappa shape index (κ3) is 4.53. The first kappa shape index (κ1) is 23.9. The van der Waals surface area contributed by atoms with E-state index in [0.29, 0.717) is 24.4 Å². The molecule has 5 aliphatic rings. The van der Waals surface area contributed by atoms with Crippen LogP contribution < -0.4 is 10.1 Å². The molecule has 5 fully saturated rings. The monoisotopic (exact) mass is 486 g/mol. The van der Waals surface area contributed by atoms with Crippen molar-refractivity contribution in [1.82, 2.24) is 9.62 Å². The molecule has 0 aromatic heterocycles. The number of sulfonamides is 1. The maximum atomic E-state index is 13.3. The summed E-state index contributed by atoms with van der Waals surface area (Å²) in [6.07, 6.45) is 14.0. The maximum absolute atomic E-state index is 13.3. The Hall–Kier alpha value is -1.86. The van der Waals surface area contributed by atoms with E-state index in [9.17, 15) is 13.2 Å². The number of carbonyl (C=O) groups excluding carboxylic acids is 1. The van der Waals surface area contributed by atoms with Gasteiger partial charge in [0.05, 0.1) is 7.11 Å². The van der Waals surface area contributed by atoms with Gasteiger partial charge in [0.15, 0.2) is 0 Å². The standard InChI is InChI=1S/C27H38N2O4S/c1-19(27-16-21-12-22(17-27)14-23(13-21)18-27)28-26(30)9-7-20-6-8-24(33-2)25(15-20)34(31,32)29-10-4-3-5-11-29/h6-9,15,19,21-23H,3-5,10-14,16-18H2,1-2H3,(H,28,30). The summed E-state index contributed by atoms with van der Waals surface area (Å²) in [5, 5.41) is 3.25. The summed E-state index contributed by atoms with van der Waals surface area (Å²) >= 11 is 0. The van der Waals surface area contributed by atoms with Crippen LogP contribution in [0.1, 0.15) is 70.3 Å². The fraction of sp³-hybridized carbons (Fsp3) is 0.667. The number of carbonyl (C=O) groups is 1. The molecule has 1 atom stereocenters. The molecular formula is C27H38N2O4S. The van der Waals surface area contributed by atoms with Crippen LogP contribution in [-0.2, 0) is 14.8 Å². The third-order valence-corrected chi connectivity index (χ3v) is 10.8. The molecule has 4 bridgehead atoms. The number of amides is 1. The van der Waals surface area contributed by atoms with Crippen molar-refractivity contribution < 1.29 is 17.9 Å². The van der Waals surface area contributed by atoms with Crippen molar-refractivity contribution in [2.24, 2.45) is 23.2 Å². The van der Waals surface area contributed by atoms with Gasteiger partial charge in [0.2, 0.25) is 15.9 Å². The highest BCUT2D eigenvalue weighted by atomic mass is 32.2. The van der Waals surface area contributed by atoms with Crippen LogP contribution in [0, 0.1) is 23.2 Å². The van der Waals surface area contributed by atoms with Gasteiger partial charge in [0.1, 0.15) is 10.6 Å². The number of nitrogens with one attached hydrogen (secondary N) is 1. The molecule has 7 heteroatoms. The second kappa shape index (κ2) is 9.30. The van der Waals surface area contributed by atoms with Crippen molar-refractivity contribution in [2.45, 2.75) is 75.6 Å². The van der Waals surface area contributed by atoms with Crippen molar-refractivity contribution in [3.8, 4) is 5.75 Å². The van der Waals surface area contributed by atoms with E-state index in [4.69, 9.17) is 4.74 Å². The average molecular weight is 487 g/mol. The summed E-state index contributed by atoms with van der Waals surface area (Å²) in [5.74, 6) is 2.77. The van der Waals surface area contributed by atoms with Crippen LogP contribution in [0.15, 0.2) is 29.2 Å². The normalized spacial score (nSPS) is 32.1. The van der Waals surface area contributed by atoms with Crippen LogP contribution in [-0.4, -0.2) is 44.9 Å². The summed E-state index contributed by atoms with van der Waals surface area (Å²) in [6.45, 7) is 3.25. The molecule has 4 aliphatic carbocycles. The second-order valence-corrected chi connectivity index (χ2v) is 13.1. The summed E-state index contributed by atoms with van der Waals surface area (Å²) in [7, 11) is -2.15. The Morgan fingerprint density at radius 2 is 1.71 bits per heavy atom. The van der Waals surface area contributed by atoms with Crippen LogP contribution in [0.4, 0.5) is 0 Å². The lowest BCUT2D eigenvalue weighted by Gasteiger charge is -2.59. The van der Waals surface area contributed by atoms with Gasteiger partial charge in [0, 0.05) is 25.2 Å². The van der Waals surface area contributed by atoms with E-state index < -0.39 is 10.0 Å². The molecule has 1 aromatic carbocycles. The van der Waals surface area contributed by atoms with E-state index in [1.807, 2.05) is 0 Å². The minimum absolute atomic E-state index is 0.112. The molecule has 6 nitrogen and oxygen atoms in total. The fourth-order valence-electron chi connectivity index (χ4n) is 7.54. The number of hydrogen-bond donors (Lipinski definition) is 1. The van der Waals surface area contributed by atoms with Crippen LogP contribution in [0.2, 0.25) is 0 Å². The molecule has 1 unspecified atom stereocenters. The Morgan fingerprint density at radius 1 is 1.09 bits per heavy atom. The maximum Gasteiger partial charge on any atom is 0.246 e. The van der Waals surface area contributed by atoms with Crippen molar-refractivity contribution in [1.29, 1.82) is 0 Å². The van der Waals surface area contributed by atoms with E-state index in [2.05, 4.69) is 12.2 Å². The molecule has 0 spiro atoms. The van der Waals surface area contributed by atoms with E-state index >= 15 is 0 Å². The highest BCUT2D eigenvalue weighted by Gasteiger charge is 2.53. The van der Waals surface area contributed by atoms with Crippen LogP contribution in [0.25, 0.3) is 6.08 Å². The molecule has 6 rings (SSSR count). The van der Waals surface area contributed by atoms with E-state index in [1.165, 1.54) is 51.7 Å². The van der Waals surface area contributed by atoms with Crippen molar-refractivity contribution in [3.05, 3.63) is 29.8 Å². The van der Waals surface area contributed by atoms with Gasteiger partial charge in [-0.3, -0.25) is 4.79 Å². The van der Waals surface area contributed by atoms with Crippen molar-refractivity contribution >= 4 is 22.0 Å². The Balaban J connectivity index is 1.28. The first-order chi connectivity index (χ1) is 16.3. The van der Waals surface area contributed by atoms with Gasteiger partial charge in [-0.15, -0.1) is 0 Å². The van der Waals surface area contributed by atoms with Crippen LogP contribution in [0.3, 0.4) is 0 Å². The molecular weight excluding hydrogens is 448 g/mol. The Labute approximate surface area is 204 Å². The largest absolute Gasteiger partial charge is 0.495 e. The van der Waals surface area contributed by atoms with Gasteiger partial charge in [-0.25, -0.2) is 8.42 Å². The van der Waals surface area contributed by atoms with Gasteiger partial charge in [0.25, 0.3) is 0 Å². The smallest absolute Gasteiger partial charge is 0.246 e. The molecule has 0 radical (unpaired) electrons. The highest BCUT2D eigenvalue weighted by Crippen LogP contribution is 2.61. The lowest BCUT2D eigenvalue weighted by atomic mass is 9.48. The minimum atomic E-state index is -3.64. The lowest BCUT2D eigenvalue weighted by molar-refractivity contribution is -0.121. The SMILES string of the molecule is COc1ccc(C=CC(=O)NC(C)C23CC4CC(CC(C4)C2)C3)cc1S(=O)(=O)N1CCCCC1. The van der Waals surface area contributed by atoms with E-state index in [0.717, 1.165) is 37.0 Å². The van der Waals surface area contributed by atoms with Crippen LogP contribution >= 0.6 is 0 Å². The predicted octanol–water partition coefficient (Wildman–Crippen LogP) is 4.60. The van der Waals surface area contributed by atoms with Gasteiger partial charge < -0.3 is 10.1 Å². The number of nitrogens with zero attached hydrogens (tertiary/aromatic N) is 1. The highest BCUT2D eigenvalue weighted by molar-refractivity contribution is 7.89. The summed E-state index contributed by atoms with van der Waals surface area (Å²) < 4.78 is 33.4. The van der Waals surface area contributed by atoms with E-state index in [1.54, 1.807) is 28.6 Å². The summed E-state index contributed by atoms with van der Waals surface area (Å²) in [5.41, 5.74) is 0.933. The molecule has 34 heavy (non-hydrogen) atoms. The zero-order valence-electron chi connectivity index (χ0n) is 20.5. The van der Waals surface area contributed by atoms with Gasteiger partial charge in [-0.2, -0.15) is 4.31 Å². The zero-order chi connectivity index (χ0) is 23.9. The molecule has 1 aliphatic heterocycles. The molecule has 1 N–H and O–H groups in total. The number of benzene rings is 1.